The molecule has 3 rings (SSSR count). The largest absolute Gasteiger partial charge is 0.225 e. The zero-order valence-corrected chi connectivity index (χ0v) is 13.8. The maximum atomic E-state index is 12.5. The second-order valence-electron chi connectivity index (χ2n) is 4.74. The number of hydrogen-bond donors (Lipinski definition) is 0. The molecule has 24 heavy (non-hydrogen) atoms. The van der Waals surface area contributed by atoms with Crippen LogP contribution in [0.15, 0.2) is 86.6 Å². The number of sulfone groups is 2. The van der Waals surface area contributed by atoms with Crippen LogP contribution in [0.5, 0.6) is 0 Å². The van der Waals surface area contributed by atoms with Crippen LogP contribution in [-0.4, -0.2) is 32.2 Å². The standard InChI is InChI=1S/C15H11N3O4S2/c19-23(20,12-7-3-1-4-8-12)14-11-15(17-18-16-14)24(21,22)13-9-5-2-6-10-13/h1-11H. The van der Waals surface area contributed by atoms with Crippen LogP contribution in [0.1, 0.15) is 0 Å². The fourth-order valence-electron chi connectivity index (χ4n) is 1.98. The Morgan fingerprint density at radius 1 is 0.583 bits per heavy atom. The maximum absolute atomic E-state index is 12.5. The first-order valence-corrected chi connectivity index (χ1v) is 9.70. The second kappa shape index (κ2) is 6.10. The van der Waals surface area contributed by atoms with Crippen molar-refractivity contribution in [2.24, 2.45) is 0 Å². The molecule has 1 aromatic heterocycles. The van der Waals surface area contributed by atoms with Gasteiger partial charge in [-0.25, -0.2) is 16.8 Å². The van der Waals surface area contributed by atoms with Gasteiger partial charge in [0, 0.05) is 6.07 Å². The van der Waals surface area contributed by atoms with E-state index in [1.165, 1.54) is 24.3 Å². The Balaban J connectivity index is 2.11. The molecule has 0 saturated heterocycles. The highest BCUT2D eigenvalue weighted by atomic mass is 32.2. The third-order valence-corrected chi connectivity index (χ3v) is 6.48. The quantitative estimate of drug-likeness (QED) is 0.693. The first-order valence-electron chi connectivity index (χ1n) is 6.73. The third kappa shape index (κ3) is 2.91. The van der Waals surface area contributed by atoms with Crippen LogP contribution >= 0.6 is 0 Å². The lowest BCUT2D eigenvalue weighted by atomic mass is 10.4. The van der Waals surface area contributed by atoms with E-state index in [2.05, 4.69) is 15.4 Å². The molecular weight excluding hydrogens is 350 g/mol. The lowest BCUT2D eigenvalue weighted by Gasteiger charge is -2.05. The van der Waals surface area contributed by atoms with Crippen LogP contribution in [0.4, 0.5) is 0 Å². The van der Waals surface area contributed by atoms with Crippen molar-refractivity contribution in [1.82, 2.24) is 15.4 Å². The molecule has 0 saturated carbocycles. The van der Waals surface area contributed by atoms with E-state index < -0.39 is 29.7 Å². The summed E-state index contributed by atoms with van der Waals surface area (Å²) in [5, 5.41) is 9.32. The molecule has 0 aliphatic carbocycles. The molecule has 0 aliphatic rings. The van der Waals surface area contributed by atoms with Gasteiger partial charge in [-0.05, 0) is 29.5 Å². The van der Waals surface area contributed by atoms with E-state index >= 15 is 0 Å². The number of nitrogens with zero attached hydrogens (tertiary/aromatic N) is 3. The average molecular weight is 361 g/mol. The molecular formula is C15H11N3O4S2. The van der Waals surface area contributed by atoms with Gasteiger partial charge in [0.15, 0.2) is 10.1 Å². The predicted molar refractivity (Wildman–Crippen MR) is 83.6 cm³/mol. The number of rotatable bonds is 4. The molecule has 0 radical (unpaired) electrons. The summed E-state index contributed by atoms with van der Waals surface area (Å²) in [5.41, 5.74) is 0. The molecule has 3 aromatic rings. The Labute approximate surface area is 138 Å². The topological polar surface area (TPSA) is 107 Å². The van der Waals surface area contributed by atoms with Crippen molar-refractivity contribution in [3.63, 3.8) is 0 Å². The van der Waals surface area contributed by atoms with Crippen molar-refractivity contribution >= 4 is 19.7 Å². The summed E-state index contributed by atoms with van der Waals surface area (Å²) in [6.45, 7) is 0. The molecule has 1 heterocycles. The Hall–Kier alpha value is -2.65. The van der Waals surface area contributed by atoms with Crippen LogP contribution in [0.3, 0.4) is 0 Å². The Kier molecular flexibility index (Phi) is 4.12. The van der Waals surface area contributed by atoms with Crippen LogP contribution in [0, 0.1) is 0 Å². The minimum absolute atomic E-state index is 0.00596. The Morgan fingerprint density at radius 3 is 1.33 bits per heavy atom. The predicted octanol–water partition coefficient (Wildman–Crippen LogP) is 1.54. The van der Waals surface area contributed by atoms with Gasteiger partial charge in [-0.15, -0.1) is 10.2 Å². The zero-order valence-electron chi connectivity index (χ0n) is 12.1. The van der Waals surface area contributed by atoms with E-state index in [1.807, 2.05) is 0 Å². The second-order valence-corrected chi connectivity index (χ2v) is 8.54. The SMILES string of the molecule is O=S(=O)(c1ccccc1)c1cc(S(=O)(=O)c2ccccc2)nnn1. The van der Waals surface area contributed by atoms with Crippen molar-refractivity contribution in [2.45, 2.75) is 19.8 Å². The van der Waals surface area contributed by atoms with E-state index in [1.54, 1.807) is 36.4 Å². The van der Waals surface area contributed by atoms with Gasteiger partial charge < -0.3 is 0 Å². The highest BCUT2D eigenvalue weighted by Crippen LogP contribution is 2.22. The van der Waals surface area contributed by atoms with Crippen molar-refractivity contribution in [2.75, 3.05) is 0 Å². The molecule has 0 bridgehead atoms. The first kappa shape index (κ1) is 16.2. The molecule has 2 aromatic carbocycles. The molecule has 0 aliphatic heterocycles. The van der Waals surface area contributed by atoms with Gasteiger partial charge in [-0.3, -0.25) is 0 Å². The summed E-state index contributed by atoms with van der Waals surface area (Å²) < 4.78 is 50.1. The smallest absolute Gasteiger partial charge is 0.217 e. The van der Waals surface area contributed by atoms with Crippen LogP contribution in [0.2, 0.25) is 0 Å². The number of benzene rings is 2. The third-order valence-electron chi connectivity index (χ3n) is 3.19. The summed E-state index contributed by atoms with van der Waals surface area (Å²) in [5.74, 6) is 0. The maximum Gasteiger partial charge on any atom is 0.225 e. The Bertz CT molecular complexity index is 983. The first-order chi connectivity index (χ1) is 11.4. The minimum atomic E-state index is -3.98. The van der Waals surface area contributed by atoms with E-state index in [0.29, 0.717) is 0 Å². The lowest BCUT2D eigenvalue weighted by Crippen LogP contribution is -2.11. The number of hydrogen-bond acceptors (Lipinski definition) is 7. The summed E-state index contributed by atoms with van der Waals surface area (Å²) >= 11 is 0. The molecule has 7 nitrogen and oxygen atoms in total. The van der Waals surface area contributed by atoms with Gasteiger partial charge in [0.2, 0.25) is 19.7 Å². The van der Waals surface area contributed by atoms with E-state index in [0.717, 1.165) is 6.07 Å². The summed E-state index contributed by atoms with van der Waals surface area (Å²) in [4.78, 5) is -0.0119. The minimum Gasteiger partial charge on any atom is -0.217 e. The highest BCUT2D eigenvalue weighted by molar-refractivity contribution is 7.92. The van der Waals surface area contributed by atoms with Gasteiger partial charge in [-0.2, -0.15) is 0 Å². The fourth-order valence-corrected chi connectivity index (χ4v) is 4.39. The van der Waals surface area contributed by atoms with E-state index in [-0.39, 0.29) is 9.79 Å². The molecule has 0 amide bonds. The lowest BCUT2D eigenvalue weighted by molar-refractivity contribution is 0.576. The van der Waals surface area contributed by atoms with Crippen LogP contribution in [0.25, 0.3) is 0 Å². The summed E-state index contributed by atoms with van der Waals surface area (Å²) in [7, 11) is -7.96. The Morgan fingerprint density at radius 2 is 0.958 bits per heavy atom. The van der Waals surface area contributed by atoms with Gasteiger partial charge >= 0.3 is 0 Å². The van der Waals surface area contributed by atoms with E-state index in [4.69, 9.17) is 0 Å². The highest BCUT2D eigenvalue weighted by Gasteiger charge is 2.25. The van der Waals surface area contributed by atoms with Gasteiger partial charge in [0.05, 0.1) is 9.79 Å². The molecule has 0 atom stereocenters. The van der Waals surface area contributed by atoms with Gasteiger partial charge in [0.1, 0.15) is 0 Å². The van der Waals surface area contributed by atoms with Crippen molar-refractivity contribution in [3.8, 4) is 0 Å². The fraction of sp³-hybridized carbons (Fsp3) is 0. The average Bonchev–Trinajstić information content (AvgIpc) is 2.63. The number of aromatic nitrogens is 3. The normalized spacial score (nSPS) is 12.0. The molecule has 0 N–H and O–H groups in total. The van der Waals surface area contributed by atoms with E-state index in [9.17, 15) is 16.8 Å². The van der Waals surface area contributed by atoms with Crippen molar-refractivity contribution in [1.29, 1.82) is 0 Å². The summed E-state index contributed by atoms with van der Waals surface area (Å²) in [6.07, 6.45) is 0. The summed E-state index contributed by atoms with van der Waals surface area (Å²) in [6, 6.07) is 16.1. The molecule has 122 valence electrons. The molecule has 9 heteroatoms. The van der Waals surface area contributed by atoms with Crippen molar-refractivity contribution in [3.05, 3.63) is 66.7 Å². The molecule has 0 fully saturated rings. The molecule has 0 unspecified atom stereocenters. The van der Waals surface area contributed by atoms with Gasteiger partial charge in [0.25, 0.3) is 0 Å². The van der Waals surface area contributed by atoms with Crippen molar-refractivity contribution < 1.29 is 16.8 Å². The van der Waals surface area contributed by atoms with Gasteiger partial charge in [-0.1, -0.05) is 36.4 Å². The zero-order chi connectivity index (χ0) is 17.2. The van der Waals surface area contributed by atoms with Crippen LogP contribution < -0.4 is 0 Å². The monoisotopic (exact) mass is 361 g/mol. The van der Waals surface area contributed by atoms with Crippen LogP contribution in [-0.2, 0) is 19.7 Å². The molecule has 0 spiro atoms.